The van der Waals surface area contributed by atoms with Gasteiger partial charge in [-0.25, -0.2) is 13.2 Å². The number of ether oxygens (including phenoxy) is 2. The number of benzene rings is 1. The van der Waals surface area contributed by atoms with Crippen LogP contribution in [0.25, 0.3) is 0 Å². The minimum Gasteiger partial charge on any atom is -0.496 e. The molecule has 122 valence electrons. The molecule has 1 aromatic carbocycles. The summed E-state index contributed by atoms with van der Waals surface area (Å²) in [4.78, 5) is 11.2. The molecule has 0 saturated carbocycles. The van der Waals surface area contributed by atoms with Crippen LogP contribution in [0, 0.1) is 0 Å². The maximum Gasteiger partial charge on any atom is 0.339 e. The fourth-order valence-electron chi connectivity index (χ4n) is 2.49. The molecule has 0 amide bonds. The van der Waals surface area contributed by atoms with Crippen molar-refractivity contribution in [3.8, 4) is 5.75 Å². The second-order valence-corrected chi connectivity index (χ2v) is 7.18. The van der Waals surface area contributed by atoms with E-state index >= 15 is 0 Å². The van der Waals surface area contributed by atoms with Gasteiger partial charge in [0.15, 0.2) is 0 Å². The molecule has 0 aliphatic carbocycles. The molecule has 1 heterocycles. The number of rotatable bonds is 4. The van der Waals surface area contributed by atoms with Gasteiger partial charge < -0.3 is 14.6 Å². The minimum atomic E-state index is -3.77. The van der Waals surface area contributed by atoms with Gasteiger partial charge in [-0.05, 0) is 32.0 Å². The normalized spacial score (nSPS) is 23.2. The van der Waals surface area contributed by atoms with Crippen LogP contribution in [0.4, 0.5) is 0 Å². The number of hydrogen-bond acceptors (Lipinski definition) is 5. The highest BCUT2D eigenvalue weighted by atomic mass is 32.2. The number of hydrogen-bond donors (Lipinski definition) is 1. The summed E-state index contributed by atoms with van der Waals surface area (Å²) in [6.45, 7) is 4.08. The van der Waals surface area contributed by atoms with E-state index in [0.717, 1.165) is 6.07 Å². The summed E-state index contributed by atoms with van der Waals surface area (Å²) in [5.74, 6) is -1.12. The number of sulfonamides is 1. The van der Waals surface area contributed by atoms with E-state index in [2.05, 4.69) is 0 Å². The van der Waals surface area contributed by atoms with Crippen LogP contribution in [-0.4, -0.2) is 56.2 Å². The number of carbonyl (C=O) groups is 1. The maximum absolute atomic E-state index is 12.7. The van der Waals surface area contributed by atoms with Crippen molar-refractivity contribution in [2.24, 2.45) is 0 Å². The molecule has 0 unspecified atom stereocenters. The zero-order chi connectivity index (χ0) is 16.5. The average molecular weight is 329 g/mol. The highest BCUT2D eigenvalue weighted by Crippen LogP contribution is 2.26. The fraction of sp³-hybridized carbons (Fsp3) is 0.500. The first-order valence-corrected chi connectivity index (χ1v) is 8.26. The second-order valence-electron chi connectivity index (χ2n) is 5.25. The van der Waals surface area contributed by atoms with Crippen molar-refractivity contribution in [2.45, 2.75) is 31.0 Å². The van der Waals surface area contributed by atoms with Crippen LogP contribution < -0.4 is 4.74 Å². The van der Waals surface area contributed by atoms with Gasteiger partial charge in [0.2, 0.25) is 10.0 Å². The summed E-state index contributed by atoms with van der Waals surface area (Å²) in [6.07, 6.45) is -0.425. The van der Waals surface area contributed by atoms with E-state index in [0.29, 0.717) is 0 Å². The van der Waals surface area contributed by atoms with E-state index in [1.165, 1.54) is 23.5 Å². The summed E-state index contributed by atoms with van der Waals surface area (Å²) in [6, 6.07) is 3.83. The zero-order valence-electron chi connectivity index (χ0n) is 12.6. The zero-order valence-corrected chi connectivity index (χ0v) is 13.5. The Labute approximate surface area is 129 Å². The number of morpholine rings is 1. The van der Waals surface area contributed by atoms with Gasteiger partial charge in [0, 0.05) is 13.1 Å². The molecule has 1 fully saturated rings. The van der Waals surface area contributed by atoms with Crippen molar-refractivity contribution in [3.63, 3.8) is 0 Å². The molecule has 8 heteroatoms. The second kappa shape index (κ2) is 6.23. The third-order valence-corrected chi connectivity index (χ3v) is 5.25. The van der Waals surface area contributed by atoms with Crippen LogP contribution in [0.5, 0.6) is 5.75 Å². The molecule has 0 radical (unpaired) electrons. The van der Waals surface area contributed by atoms with E-state index in [1.807, 2.05) is 0 Å². The van der Waals surface area contributed by atoms with Gasteiger partial charge in [-0.1, -0.05) is 0 Å². The van der Waals surface area contributed by atoms with Gasteiger partial charge in [0.25, 0.3) is 0 Å². The highest BCUT2D eigenvalue weighted by molar-refractivity contribution is 7.89. The number of nitrogens with zero attached hydrogens (tertiary/aromatic N) is 1. The van der Waals surface area contributed by atoms with Crippen LogP contribution in [0.3, 0.4) is 0 Å². The van der Waals surface area contributed by atoms with Gasteiger partial charge in [0.1, 0.15) is 11.3 Å². The topological polar surface area (TPSA) is 93.1 Å². The molecule has 1 aromatic rings. The summed E-state index contributed by atoms with van der Waals surface area (Å²) in [7, 11) is -2.44. The minimum absolute atomic E-state index is 0.0630. The summed E-state index contributed by atoms with van der Waals surface area (Å²) >= 11 is 0. The average Bonchev–Trinajstić information content (AvgIpc) is 2.45. The van der Waals surface area contributed by atoms with Gasteiger partial charge in [-0.15, -0.1) is 0 Å². The van der Waals surface area contributed by atoms with Crippen LogP contribution >= 0.6 is 0 Å². The van der Waals surface area contributed by atoms with E-state index in [1.54, 1.807) is 13.8 Å². The van der Waals surface area contributed by atoms with E-state index in [9.17, 15) is 18.3 Å². The Morgan fingerprint density at radius 1 is 1.32 bits per heavy atom. The molecule has 7 nitrogen and oxygen atoms in total. The molecule has 0 spiro atoms. The summed E-state index contributed by atoms with van der Waals surface area (Å²) < 4.78 is 37.2. The number of carboxylic acid groups (broad SMARTS) is 1. The number of aromatic carboxylic acids is 1. The first kappa shape index (κ1) is 16.7. The number of methoxy groups -OCH3 is 1. The molecule has 1 aliphatic rings. The predicted octanol–water partition coefficient (Wildman–Crippen LogP) is 1.19. The third-order valence-electron chi connectivity index (χ3n) is 3.43. The number of carboxylic acids is 1. The lowest BCUT2D eigenvalue weighted by atomic mass is 10.2. The van der Waals surface area contributed by atoms with Gasteiger partial charge in [-0.3, -0.25) is 0 Å². The molecule has 1 saturated heterocycles. The molecule has 0 aromatic heterocycles. The third kappa shape index (κ3) is 3.23. The van der Waals surface area contributed by atoms with Crippen LogP contribution in [-0.2, 0) is 14.8 Å². The molecular formula is C14H19NO6S. The lowest BCUT2D eigenvalue weighted by Crippen LogP contribution is -2.48. The quantitative estimate of drug-likeness (QED) is 0.892. The molecule has 1 N–H and O–H groups in total. The Balaban J connectivity index is 2.41. The Morgan fingerprint density at radius 3 is 2.41 bits per heavy atom. The van der Waals surface area contributed by atoms with Crippen LogP contribution in [0.2, 0.25) is 0 Å². The van der Waals surface area contributed by atoms with Crippen molar-refractivity contribution in [2.75, 3.05) is 20.2 Å². The Bertz CT molecular complexity index is 662. The van der Waals surface area contributed by atoms with E-state index in [4.69, 9.17) is 9.47 Å². The first-order chi connectivity index (χ1) is 10.3. The molecular weight excluding hydrogens is 310 g/mol. The SMILES string of the molecule is COc1ccc(S(=O)(=O)N2C[C@H](C)O[C@@H](C)C2)cc1C(=O)O. The monoisotopic (exact) mass is 329 g/mol. The van der Waals surface area contributed by atoms with Crippen molar-refractivity contribution < 1.29 is 27.8 Å². The van der Waals surface area contributed by atoms with Gasteiger partial charge in [0.05, 0.1) is 24.2 Å². The van der Waals surface area contributed by atoms with E-state index < -0.39 is 16.0 Å². The lowest BCUT2D eigenvalue weighted by Gasteiger charge is -2.34. The van der Waals surface area contributed by atoms with Crippen molar-refractivity contribution in [1.29, 1.82) is 0 Å². The summed E-state index contributed by atoms with van der Waals surface area (Å²) in [5, 5.41) is 9.17. The molecule has 2 atom stereocenters. The lowest BCUT2D eigenvalue weighted by molar-refractivity contribution is -0.0440. The predicted molar refractivity (Wildman–Crippen MR) is 78.7 cm³/mol. The first-order valence-electron chi connectivity index (χ1n) is 6.82. The maximum atomic E-state index is 12.7. The van der Waals surface area contributed by atoms with Gasteiger partial charge >= 0.3 is 5.97 Å². The van der Waals surface area contributed by atoms with Crippen molar-refractivity contribution in [1.82, 2.24) is 4.31 Å². The summed E-state index contributed by atoms with van der Waals surface area (Å²) in [5.41, 5.74) is -0.182. The standard InChI is InChI=1S/C14H19NO6S/c1-9-7-15(8-10(2)21-9)22(18,19)11-4-5-13(20-3)12(6-11)14(16)17/h4-6,9-10H,7-8H2,1-3H3,(H,16,17)/t9-,10-/m0/s1. The van der Waals surface area contributed by atoms with Crippen LogP contribution in [0.15, 0.2) is 23.1 Å². The smallest absolute Gasteiger partial charge is 0.339 e. The van der Waals surface area contributed by atoms with Crippen LogP contribution in [0.1, 0.15) is 24.2 Å². The largest absolute Gasteiger partial charge is 0.496 e. The molecule has 0 bridgehead atoms. The highest BCUT2D eigenvalue weighted by Gasteiger charge is 2.32. The Hall–Kier alpha value is -1.64. The van der Waals surface area contributed by atoms with E-state index in [-0.39, 0.29) is 41.5 Å². The van der Waals surface area contributed by atoms with Gasteiger partial charge in [-0.2, -0.15) is 4.31 Å². The van der Waals surface area contributed by atoms with Crippen molar-refractivity contribution >= 4 is 16.0 Å². The molecule has 2 rings (SSSR count). The van der Waals surface area contributed by atoms with Crippen molar-refractivity contribution in [3.05, 3.63) is 23.8 Å². The Kier molecular flexibility index (Phi) is 4.74. The fourth-order valence-corrected chi connectivity index (χ4v) is 4.11. The molecule has 1 aliphatic heterocycles. The molecule has 22 heavy (non-hydrogen) atoms. The Morgan fingerprint density at radius 2 is 1.91 bits per heavy atom.